The summed E-state index contributed by atoms with van der Waals surface area (Å²) in [5.41, 5.74) is 2.68. The van der Waals surface area contributed by atoms with Crippen LogP contribution in [0.5, 0.6) is 5.75 Å². The molecule has 0 unspecified atom stereocenters. The third-order valence-electron chi connectivity index (χ3n) is 3.67. The largest absolute Gasteiger partial charge is 0.489 e. The van der Waals surface area contributed by atoms with Crippen molar-refractivity contribution in [1.29, 1.82) is 0 Å². The molecule has 0 aliphatic heterocycles. The maximum Gasteiger partial charge on any atom is 0.122 e. The topological polar surface area (TPSA) is 29.5 Å². The van der Waals surface area contributed by atoms with Crippen LogP contribution in [0.3, 0.4) is 0 Å². The van der Waals surface area contributed by atoms with Crippen LogP contribution in [0.15, 0.2) is 48.5 Å². The molecule has 19 heavy (non-hydrogen) atoms. The Bertz CT molecular complexity index is 571. The summed E-state index contributed by atoms with van der Waals surface area (Å²) in [6.45, 7) is 2.60. The Morgan fingerprint density at radius 3 is 2.47 bits per heavy atom. The van der Waals surface area contributed by atoms with E-state index in [1.54, 1.807) is 0 Å². The van der Waals surface area contributed by atoms with Gasteiger partial charge in [0.05, 0.1) is 5.60 Å². The quantitative estimate of drug-likeness (QED) is 0.904. The molecule has 1 aliphatic carbocycles. The van der Waals surface area contributed by atoms with E-state index in [4.69, 9.17) is 4.74 Å². The SMILES string of the molecule is Cc1cc(C2(O)CC2)ccc1OCc1ccccc1. The van der Waals surface area contributed by atoms with Crippen LogP contribution >= 0.6 is 0 Å². The zero-order valence-electron chi connectivity index (χ0n) is 11.1. The fourth-order valence-corrected chi connectivity index (χ4v) is 2.24. The number of aryl methyl sites for hydroxylation is 1. The predicted octanol–water partition coefficient (Wildman–Crippen LogP) is 3.56. The molecule has 98 valence electrons. The number of hydrogen-bond donors (Lipinski definition) is 1. The van der Waals surface area contributed by atoms with E-state index in [2.05, 4.69) is 12.1 Å². The molecule has 3 rings (SSSR count). The van der Waals surface area contributed by atoms with Crippen LogP contribution in [-0.2, 0) is 12.2 Å². The van der Waals surface area contributed by atoms with E-state index in [9.17, 15) is 5.11 Å². The van der Waals surface area contributed by atoms with Crippen molar-refractivity contribution in [2.75, 3.05) is 0 Å². The Hall–Kier alpha value is -1.80. The lowest BCUT2D eigenvalue weighted by molar-refractivity contribution is 0.151. The molecule has 2 aromatic rings. The zero-order chi connectivity index (χ0) is 13.3. The third-order valence-corrected chi connectivity index (χ3v) is 3.67. The van der Waals surface area contributed by atoms with Crippen molar-refractivity contribution in [3.8, 4) is 5.75 Å². The predicted molar refractivity (Wildman–Crippen MR) is 75.1 cm³/mol. The number of hydrogen-bond acceptors (Lipinski definition) is 2. The lowest BCUT2D eigenvalue weighted by Gasteiger charge is -2.13. The molecule has 1 aliphatic rings. The minimum atomic E-state index is -0.567. The summed E-state index contributed by atoms with van der Waals surface area (Å²) < 4.78 is 5.83. The molecule has 0 heterocycles. The minimum absolute atomic E-state index is 0.567. The molecule has 2 nitrogen and oxygen atoms in total. The van der Waals surface area contributed by atoms with Gasteiger partial charge in [-0.2, -0.15) is 0 Å². The van der Waals surface area contributed by atoms with E-state index < -0.39 is 5.60 Å². The van der Waals surface area contributed by atoms with Crippen molar-refractivity contribution in [2.24, 2.45) is 0 Å². The van der Waals surface area contributed by atoms with Crippen LogP contribution in [-0.4, -0.2) is 5.11 Å². The van der Waals surface area contributed by atoms with Gasteiger partial charge in [-0.1, -0.05) is 36.4 Å². The Labute approximate surface area is 113 Å². The maximum atomic E-state index is 10.1. The molecule has 1 fully saturated rings. The number of benzene rings is 2. The molecular formula is C17H18O2. The van der Waals surface area contributed by atoms with Gasteiger partial charge in [-0.25, -0.2) is 0 Å². The highest BCUT2D eigenvalue weighted by atomic mass is 16.5. The molecular weight excluding hydrogens is 236 g/mol. The van der Waals surface area contributed by atoms with Crippen LogP contribution in [0.1, 0.15) is 29.5 Å². The smallest absolute Gasteiger partial charge is 0.122 e. The van der Waals surface area contributed by atoms with Crippen molar-refractivity contribution in [3.63, 3.8) is 0 Å². The van der Waals surface area contributed by atoms with Gasteiger partial charge < -0.3 is 9.84 Å². The first-order valence-electron chi connectivity index (χ1n) is 6.68. The van der Waals surface area contributed by atoms with E-state index in [0.717, 1.165) is 35.3 Å². The molecule has 0 saturated heterocycles. The Morgan fingerprint density at radius 2 is 1.84 bits per heavy atom. The third kappa shape index (κ3) is 2.64. The van der Waals surface area contributed by atoms with Gasteiger partial charge in [0.1, 0.15) is 12.4 Å². The first kappa shape index (κ1) is 12.2. The second kappa shape index (κ2) is 4.71. The number of aliphatic hydroxyl groups is 1. The number of rotatable bonds is 4. The second-order valence-corrected chi connectivity index (χ2v) is 5.29. The maximum absolute atomic E-state index is 10.1. The lowest BCUT2D eigenvalue weighted by Crippen LogP contribution is -2.05. The van der Waals surface area contributed by atoms with Gasteiger partial charge in [0.15, 0.2) is 0 Å². The minimum Gasteiger partial charge on any atom is -0.489 e. The fourth-order valence-electron chi connectivity index (χ4n) is 2.24. The van der Waals surface area contributed by atoms with Crippen LogP contribution in [0.25, 0.3) is 0 Å². The summed E-state index contributed by atoms with van der Waals surface area (Å²) in [5.74, 6) is 0.886. The van der Waals surface area contributed by atoms with Gasteiger partial charge in [-0.05, 0) is 48.6 Å². The van der Waals surface area contributed by atoms with Crippen molar-refractivity contribution in [1.82, 2.24) is 0 Å². The van der Waals surface area contributed by atoms with Gasteiger partial charge in [0, 0.05) is 0 Å². The molecule has 0 radical (unpaired) electrons. The van der Waals surface area contributed by atoms with E-state index in [1.165, 1.54) is 0 Å². The summed E-state index contributed by atoms with van der Waals surface area (Å²) >= 11 is 0. The summed E-state index contributed by atoms with van der Waals surface area (Å²) in [6.07, 6.45) is 1.74. The van der Waals surface area contributed by atoms with Crippen molar-refractivity contribution >= 4 is 0 Å². The van der Waals surface area contributed by atoms with E-state index in [0.29, 0.717) is 6.61 Å². The molecule has 2 aromatic carbocycles. The van der Waals surface area contributed by atoms with E-state index >= 15 is 0 Å². The monoisotopic (exact) mass is 254 g/mol. The molecule has 1 N–H and O–H groups in total. The summed E-state index contributed by atoms with van der Waals surface area (Å²) in [4.78, 5) is 0. The molecule has 2 heteroatoms. The van der Waals surface area contributed by atoms with Gasteiger partial charge in [-0.15, -0.1) is 0 Å². The summed E-state index contributed by atoms with van der Waals surface area (Å²) in [5, 5.41) is 10.1. The van der Waals surface area contributed by atoms with Crippen molar-refractivity contribution in [3.05, 3.63) is 65.2 Å². The van der Waals surface area contributed by atoms with E-state index in [1.807, 2.05) is 43.3 Å². The Morgan fingerprint density at radius 1 is 1.11 bits per heavy atom. The van der Waals surface area contributed by atoms with Crippen LogP contribution in [0, 0.1) is 6.92 Å². The molecule has 0 atom stereocenters. The lowest BCUT2D eigenvalue weighted by atomic mass is 10.0. The zero-order valence-corrected chi connectivity index (χ0v) is 11.1. The Balaban J connectivity index is 1.71. The Kier molecular flexibility index (Phi) is 3.03. The first-order valence-corrected chi connectivity index (χ1v) is 6.68. The summed E-state index contributed by atoms with van der Waals surface area (Å²) in [6, 6.07) is 16.1. The number of ether oxygens (including phenoxy) is 1. The normalized spacial score (nSPS) is 16.1. The highest BCUT2D eigenvalue weighted by Crippen LogP contribution is 2.46. The standard InChI is InChI=1S/C17H18O2/c1-13-11-15(17(18)9-10-17)7-8-16(13)19-12-14-5-3-2-4-6-14/h2-8,11,18H,9-10,12H2,1H3. The fraction of sp³-hybridized carbons (Fsp3) is 0.294. The van der Waals surface area contributed by atoms with E-state index in [-0.39, 0.29) is 0 Å². The molecule has 0 bridgehead atoms. The second-order valence-electron chi connectivity index (χ2n) is 5.29. The van der Waals surface area contributed by atoms with Crippen LogP contribution in [0.2, 0.25) is 0 Å². The van der Waals surface area contributed by atoms with Gasteiger partial charge in [0.2, 0.25) is 0 Å². The highest BCUT2D eigenvalue weighted by molar-refractivity contribution is 5.40. The van der Waals surface area contributed by atoms with Crippen LogP contribution in [0.4, 0.5) is 0 Å². The first-order chi connectivity index (χ1) is 9.17. The van der Waals surface area contributed by atoms with Crippen LogP contribution < -0.4 is 4.74 Å². The molecule has 0 amide bonds. The molecule has 1 saturated carbocycles. The highest BCUT2D eigenvalue weighted by Gasteiger charge is 2.42. The summed E-state index contributed by atoms with van der Waals surface area (Å²) in [7, 11) is 0. The molecule has 0 aromatic heterocycles. The average Bonchev–Trinajstić information content (AvgIpc) is 3.18. The average molecular weight is 254 g/mol. The van der Waals surface area contributed by atoms with Crippen molar-refractivity contribution < 1.29 is 9.84 Å². The van der Waals surface area contributed by atoms with Crippen molar-refractivity contribution in [2.45, 2.75) is 32.0 Å². The molecule has 0 spiro atoms. The van der Waals surface area contributed by atoms with Gasteiger partial charge >= 0.3 is 0 Å². The van der Waals surface area contributed by atoms with Gasteiger partial charge in [0.25, 0.3) is 0 Å². The van der Waals surface area contributed by atoms with Gasteiger partial charge in [-0.3, -0.25) is 0 Å².